The Morgan fingerprint density at radius 2 is 1.51 bits per heavy atom. The predicted octanol–water partition coefficient (Wildman–Crippen LogP) is 5.15. The van der Waals surface area contributed by atoms with E-state index < -0.39 is 11.9 Å². The molecule has 1 aliphatic carbocycles. The lowest BCUT2D eigenvalue weighted by Gasteiger charge is -2.19. The number of benzene rings is 2. The summed E-state index contributed by atoms with van der Waals surface area (Å²) in [4.78, 5) is 29.9. The molecule has 3 aromatic rings. The van der Waals surface area contributed by atoms with Crippen LogP contribution in [0.1, 0.15) is 76.7 Å². The van der Waals surface area contributed by atoms with Gasteiger partial charge in [-0.1, -0.05) is 45.0 Å². The van der Waals surface area contributed by atoms with E-state index in [0.717, 1.165) is 36.8 Å². The van der Waals surface area contributed by atoms with Crippen LogP contribution in [0.5, 0.6) is 5.75 Å². The SMILES string of the molecule is CCN(CC)CC.O=C(O)c1ccc(Cc2nc3c4c(ccc3c(C(=O)O)c2O)CCCC4)cc1. The van der Waals surface area contributed by atoms with Crippen LogP contribution < -0.4 is 0 Å². The normalized spacial score (nSPS) is 12.7. The zero-order valence-electron chi connectivity index (χ0n) is 20.7. The van der Waals surface area contributed by atoms with Crippen LogP contribution in [0, 0.1) is 0 Å². The van der Waals surface area contributed by atoms with Crippen LogP contribution >= 0.6 is 0 Å². The van der Waals surface area contributed by atoms with E-state index in [-0.39, 0.29) is 29.0 Å². The Morgan fingerprint density at radius 3 is 2.06 bits per heavy atom. The van der Waals surface area contributed by atoms with E-state index in [1.807, 2.05) is 6.07 Å². The Labute approximate surface area is 206 Å². The van der Waals surface area contributed by atoms with Crippen LogP contribution in [0.4, 0.5) is 0 Å². The standard InChI is InChI=1S/C22H19NO5.C6H15N/c24-20-17(11-12-5-7-14(8-6-12)21(25)26)23-19-15-4-2-1-3-13(15)9-10-16(19)18(20)22(27)28;1-4-7(5-2)6-3/h5-10,24H,1-4,11H2,(H,25,26)(H,27,28);4-6H2,1-3H3. The molecule has 1 aliphatic rings. The van der Waals surface area contributed by atoms with Crippen molar-refractivity contribution in [1.29, 1.82) is 0 Å². The number of carboxylic acids is 2. The largest absolute Gasteiger partial charge is 0.505 e. The van der Waals surface area contributed by atoms with Crippen molar-refractivity contribution in [3.63, 3.8) is 0 Å². The number of rotatable bonds is 7. The minimum Gasteiger partial charge on any atom is -0.505 e. The molecule has 7 heteroatoms. The van der Waals surface area contributed by atoms with E-state index in [1.165, 1.54) is 37.3 Å². The van der Waals surface area contributed by atoms with Gasteiger partial charge in [-0.25, -0.2) is 14.6 Å². The highest BCUT2D eigenvalue weighted by atomic mass is 16.4. The van der Waals surface area contributed by atoms with Gasteiger partial charge in [-0.2, -0.15) is 0 Å². The van der Waals surface area contributed by atoms with E-state index in [0.29, 0.717) is 10.9 Å². The van der Waals surface area contributed by atoms with Crippen LogP contribution in [0.3, 0.4) is 0 Å². The maximum absolute atomic E-state index is 11.9. The third kappa shape index (κ3) is 5.98. The molecule has 0 saturated carbocycles. The number of aromatic hydroxyl groups is 1. The number of pyridine rings is 1. The van der Waals surface area contributed by atoms with Gasteiger partial charge in [0, 0.05) is 11.8 Å². The number of aromatic nitrogens is 1. The third-order valence-corrected chi connectivity index (χ3v) is 6.66. The number of carboxylic acid groups (broad SMARTS) is 2. The second kappa shape index (κ2) is 11.8. The summed E-state index contributed by atoms with van der Waals surface area (Å²) in [7, 11) is 0. The Hall–Kier alpha value is -3.45. The molecule has 7 nitrogen and oxygen atoms in total. The number of aromatic carboxylic acids is 2. The maximum atomic E-state index is 11.9. The zero-order chi connectivity index (χ0) is 25.5. The van der Waals surface area contributed by atoms with Crippen molar-refractivity contribution in [2.45, 2.75) is 52.9 Å². The summed E-state index contributed by atoms with van der Waals surface area (Å²) in [6.07, 6.45) is 4.14. The van der Waals surface area contributed by atoms with Crippen molar-refractivity contribution < 1.29 is 24.9 Å². The van der Waals surface area contributed by atoms with E-state index in [4.69, 9.17) is 5.11 Å². The smallest absolute Gasteiger partial charge is 0.340 e. The average Bonchev–Trinajstić information content (AvgIpc) is 2.86. The minimum absolute atomic E-state index is 0.129. The lowest BCUT2D eigenvalue weighted by atomic mass is 9.88. The van der Waals surface area contributed by atoms with Gasteiger partial charge in [0.05, 0.1) is 16.8 Å². The molecule has 0 spiro atoms. The zero-order valence-corrected chi connectivity index (χ0v) is 20.7. The number of fused-ring (bicyclic) bond motifs is 3. The molecular weight excluding hydrogens is 444 g/mol. The molecule has 35 heavy (non-hydrogen) atoms. The van der Waals surface area contributed by atoms with Crippen molar-refractivity contribution >= 4 is 22.8 Å². The highest BCUT2D eigenvalue weighted by Gasteiger charge is 2.23. The predicted molar refractivity (Wildman–Crippen MR) is 137 cm³/mol. The second-order valence-electron chi connectivity index (χ2n) is 8.69. The third-order valence-electron chi connectivity index (χ3n) is 6.66. The summed E-state index contributed by atoms with van der Waals surface area (Å²) in [6.45, 7) is 10.1. The fourth-order valence-corrected chi connectivity index (χ4v) is 4.57. The van der Waals surface area contributed by atoms with Gasteiger partial charge in [0.1, 0.15) is 5.56 Å². The Kier molecular flexibility index (Phi) is 8.82. The second-order valence-corrected chi connectivity index (χ2v) is 8.69. The fourth-order valence-electron chi connectivity index (χ4n) is 4.57. The Morgan fingerprint density at radius 1 is 0.886 bits per heavy atom. The number of aryl methyl sites for hydroxylation is 2. The van der Waals surface area contributed by atoms with Gasteiger partial charge in [-0.15, -0.1) is 0 Å². The highest BCUT2D eigenvalue weighted by Crippen LogP contribution is 2.35. The van der Waals surface area contributed by atoms with Crippen molar-refractivity contribution in [3.05, 3.63) is 69.9 Å². The Bertz CT molecular complexity index is 1190. The van der Waals surface area contributed by atoms with Crippen molar-refractivity contribution in [2.24, 2.45) is 0 Å². The van der Waals surface area contributed by atoms with E-state index in [1.54, 1.807) is 18.2 Å². The molecule has 0 fully saturated rings. The summed E-state index contributed by atoms with van der Waals surface area (Å²) in [5, 5.41) is 29.8. The lowest BCUT2D eigenvalue weighted by molar-refractivity contribution is 0.0685. The molecule has 2 aromatic carbocycles. The van der Waals surface area contributed by atoms with Crippen LogP contribution in [0.25, 0.3) is 10.9 Å². The van der Waals surface area contributed by atoms with Gasteiger partial charge in [-0.3, -0.25) is 0 Å². The van der Waals surface area contributed by atoms with Gasteiger partial charge < -0.3 is 20.2 Å². The summed E-state index contributed by atoms with van der Waals surface area (Å²) >= 11 is 0. The monoisotopic (exact) mass is 478 g/mol. The molecule has 0 unspecified atom stereocenters. The molecular formula is C28H34N2O5. The van der Waals surface area contributed by atoms with E-state index >= 15 is 0 Å². The highest BCUT2D eigenvalue weighted by molar-refractivity contribution is 6.06. The van der Waals surface area contributed by atoms with Gasteiger partial charge in [0.2, 0.25) is 0 Å². The van der Waals surface area contributed by atoms with Crippen LogP contribution in [-0.4, -0.2) is 56.8 Å². The molecule has 0 aliphatic heterocycles. The van der Waals surface area contributed by atoms with Crippen LogP contribution in [0.15, 0.2) is 36.4 Å². The van der Waals surface area contributed by atoms with Crippen molar-refractivity contribution in [2.75, 3.05) is 19.6 Å². The fraction of sp³-hybridized carbons (Fsp3) is 0.393. The average molecular weight is 479 g/mol. The Balaban J connectivity index is 0.000000429. The molecule has 0 bridgehead atoms. The van der Waals surface area contributed by atoms with Gasteiger partial charge in [0.15, 0.2) is 5.75 Å². The first-order valence-electron chi connectivity index (χ1n) is 12.2. The van der Waals surface area contributed by atoms with E-state index in [9.17, 15) is 19.8 Å². The summed E-state index contributed by atoms with van der Waals surface area (Å²) < 4.78 is 0. The molecule has 186 valence electrons. The molecule has 4 rings (SSSR count). The molecule has 3 N–H and O–H groups in total. The summed E-state index contributed by atoms with van der Waals surface area (Å²) in [6, 6.07) is 9.94. The molecule has 1 aromatic heterocycles. The summed E-state index contributed by atoms with van der Waals surface area (Å²) in [5.74, 6) is -2.54. The first-order valence-corrected chi connectivity index (χ1v) is 12.2. The molecule has 0 radical (unpaired) electrons. The first kappa shape index (κ1) is 26.2. The summed E-state index contributed by atoms with van der Waals surface area (Å²) in [5.41, 5.74) is 3.96. The molecule has 1 heterocycles. The van der Waals surface area contributed by atoms with Crippen LogP contribution in [0.2, 0.25) is 0 Å². The number of carbonyl (C=O) groups is 2. The van der Waals surface area contributed by atoms with Crippen LogP contribution in [-0.2, 0) is 19.3 Å². The molecule has 0 atom stereocenters. The lowest BCUT2D eigenvalue weighted by Crippen LogP contribution is -2.21. The molecule has 0 saturated heterocycles. The quantitative estimate of drug-likeness (QED) is 0.430. The minimum atomic E-state index is -1.19. The van der Waals surface area contributed by atoms with Gasteiger partial charge >= 0.3 is 11.9 Å². The van der Waals surface area contributed by atoms with Crippen molar-refractivity contribution in [1.82, 2.24) is 9.88 Å². The first-order chi connectivity index (χ1) is 16.8. The number of hydrogen-bond donors (Lipinski definition) is 3. The van der Waals surface area contributed by atoms with Gasteiger partial charge in [-0.05, 0) is 74.1 Å². The van der Waals surface area contributed by atoms with Crippen molar-refractivity contribution in [3.8, 4) is 5.75 Å². The topological polar surface area (TPSA) is 111 Å². The maximum Gasteiger partial charge on any atom is 0.340 e. The number of hydrogen-bond acceptors (Lipinski definition) is 5. The molecule has 0 amide bonds. The number of nitrogens with zero attached hydrogens (tertiary/aromatic N) is 2. The van der Waals surface area contributed by atoms with E-state index in [2.05, 4.69) is 30.7 Å². The van der Waals surface area contributed by atoms with Gasteiger partial charge in [0.25, 0.3) is 0 Å².